The van der Waals surface area contributed by atoms with Gasteiger partial charge in [-0.1, -0.05) is 29.3 Å². The van der Waals surface area contributed by atoms with Crippen molar-refractivity contribution in [2.75, 3.05) is 7.05 Å². The molecule has 0 atom stereocenters. The Kier molecular flexibility index (Phi) is 5.91. The van der Waals surface area contributed by atoms with Crippen LogP contribution in [0.1, 0.15) is 25.2 Å². The van der Waals surface area contributed by atoms with E-state index in [4.69, 9.17) is 23.2 Å². The van der Waals surface area contributed by atoms with Crippen LogP contribution in [0.25, 0.3) is 0 Å². The van der Waals surface area contributed by atoms with Gasteiger partial charge in [0.05, 0.1) is 16.6 Å². The summed E-state index contributed by atoms with van der Waals surface area (Å²) in [5.74, 6) is 0.803. The van der Waals surface area contributed by atoms with Crippen molar-refractivity contribution in [1.29, 1.82) is 0 Å². The van der Waals surface area contributed by atoms with Crippen LogP contribution in [0.5, 0.6) is 0 Å². The molecular weight excluding hydrogens is 335 g/mol. The third-order valence-corrected chi connectivity index (χ3v) is 4.02. The van der Waals surface area contributed by atoms with E-state index in [2.05, 4.69) is 10.3 Å². The predicted molar refractivity (Wildman–Crippen MR) is 92.9 cm³/mol. The Labute approximate surface area is 146 Å². The molecule has 2 aromatic rings. The Morgan fingerprint density at radius 1 is 1.35 bits per heavy atom. The molecule has 1 aromatic heterocycles. The van der Waals surface area contributed by atoms with Crippen LogP contribution < -0.4 is 5.32 Å². The van der Waals surface area contributed by atoms with Crippen molar-refractivity contribution in [1.82, 2.24) is 19.8 Å². The molecule has 0 spiro atoms. The highest BCUT2D eigenvalue weighted by molar-refractivity contribution is 6.42. The second kappa shape index (κ2) is 7.70. The summed E-state index contributed by atoms with van der Waals surface area (Å²) in [5.41, 5.74) is 1.02. The number of hydrogen-bond acceptors (Lipinski definition) is 2. The Morgan fingerprint density at radius 2 is 2.09 bits per heavy atom. The first-order valence-electron chi connectivity index (χ1n) is 7.32. The molecular formula is C16H20Cl2N4O. The van der Waals surface area contributed by atoms with Crippen molar-refractivity contribution in [3.8, 4) is 0 Å². The van der Waals surface area contributed by atoms with Gasteiger partial charge in [0.1, 0.15) is 5.82 Å². The number of nitrogens with one attached hydrogen (secondary N) is 1. The molecule has 124 valence electrons. The van der Waals surface area contributed by atoms with E-state index in [-0.39, 0.29) is 12.1 Å². The maximum atomic E-state index is 12.0. The molecule has 23 heavy (non-hydrogen) atoms. The Hall–Kier alpha value is -1.72. The van der Waals surface area contributed by atoms with Gasteiger partial charge in [-0.05, 0) is 31.5 Å². The number of nitrogens with zero attached hydrogens (tertiary/aromatic N) is 3. The summed E-state index contributed by atoms with van der Waals surface area (Å²) in [6.07, 6.45) is 3.60. The fourth-order valence-electron chi connectivity index (χ4n) is 2.11. The minimum Gasteiger partial charge on any atom is -0.336 e. The number of carbonyl (C=O) groups is 1. The van der Waals surface area contributed by atoms with Crippen LogP contribution in [0.3, 0.4) is 0 Å². The maximum absolute atomic E-state index is 12.0. The van der Waals surface area contributed by atoms with Crippen LogP contribution in [0.2, 0.25) is 10.0 Å². The van der Waals surface area contributed by atoms with Crippen molar-refractivity contribution >= 4 is 29.2 Å². The van der Waals surface area contributed by atoms with Gasteiger partial charge in [0.2, 0.25) is 0 Å². The number of carbonyl (C=O) groups excluding carboxylic acids is 1. The van der Waals surface area contributed by atoms with Gasteiger partial charge >= 0.3 is 6.03 Å². The van der Waals surface area contributed by atoms with Crippen molar-refractivity contribution in [2.24, 2.45) is 0 Å². The van der Waals surface area contributed by atoms with E-state index in [1.165, 1.54) is 0 Å². The van der Waals surface area contributed by atoms with Crippen molar-refractivity contribution in [3.63, 3.8) is 0 Å². The fourth-order valence-corrected chi connectivity index (χ4v) is 2.43. The predicted octanol–water partition coefficient (Wildman–Crippen LogP) is 3.79. The van der Waals surface area contributed by atoms with Crippen LogP contribution in [0, 0.1) is 0 Å². The molecule has 0 unspecified atom stereocenters. The number of halogens is 2. The number of urea groups is 1. The zero-order chi connectivity index (χ0) is 17.0. The molecule has 0 fully saturated rings. The normalized spacial score (nSPS) is 10.9. The molecule has 1 aromatic carbocycles. The molecule has 0 bridgehead atoms. The molecule has 0 aliphatic rings. The molecule has 2 amide bonds. The monoisotopic (exact) mass is 354 g/mol. The van der Waals surface area contributed by atoms with Crippen LogP contribution in [-0.4, -0.2) is 33.6 Å². The zero-order valence-electron chi connectivity index (χ0n) is 13.4. The number of amides is 2. The highest BCUT2D eigenvalue weighted by Crippen LogP contribution is 2.23. The molecule has 0 aliphatic carbocycles. The van der Waals surface area contributed by atoms with E-state index in [1.807, 2.05) is 36.7 Å². The summed E-state index contributed by atoms with van der Waals surface area (Å²) in [6, 6.07) is 5.51. The van der Waals surface area contributed by atoms with Gasteiger partial charge in [0.15, 0.2) is 0 Å². The van der Waals surface area contributed by atoms with E-state index in [0.29, 0.717) is 23.1 Å². The molecule has 0 radical (unpaired) electrons. The highest BCUT2D eigenvalue weighted by Gasteiger charge is 2.13. The van der Waals surface area contributed by atoms with Gasteiger partial charge in [-0.2, -0.15) is 0 Å². The largest absolute Gasteiger partial charge is 0.336 e. The van der Waals surface area contributed by atoms with Crippen molar-refractivity contribution in [3.05, 3.63) is 52.0 Å². The SMILES string of the molecule is CC(C)NC(=O)N(C)Cc1nccn1Cc1ccc(Cl)c(Cl)c1. The third kappa shape index (κ3) is 4.88. The van der Waals surface area contributed by atoms with Gasteiger partial charge in [-0.15, -0.1) is 0 Å². The topological polar surface area (TPSA) is 50.2 Å². The Bertz CT molecular complexity index is 684. The van der Waals surface area contributed by atoms with Crippen LogP contribution in [0.15, 0.2) is 30.6 Å². The van der Waals surface area contributed by atoms with Gasteiger partial charge in [-0.25, -0.2) is 9.78 Å². The Morgan fingerprint density at radius 3 is 2.74 bits per heavy atom. The molecule has 2 rings (SSSR count). The van der Waals surface area contributed by atoms with Crippen molar-refractivity contribution in [2.45, 2.75) is 33.0 Å². The molecule has 0 saturated heterocycles. The summed E-state index contributed by atoms with van der Waals surface area (Å²) in [7, 11) is 1.75. The summed E-state index contributed by atoms with van der Waals surface area (Å²) >= 11 is 12.0. The smallest absolute Gasteiger partial charge is 0.317 e. The van der Waals surface area contributed by atoms with Gasteiger partial charge in [0, 0.05) is 32.0 Å². The van der Waals surface area contributed by atoms with Gasteiger partial charge < -0.3 is 14.8 Å². The van der Waals surface area contributed by atoms with Gasteiger partial charge in [-0.3, -0.25) is 0 Å². The number of imidazole rings is 1. The van der Waals surface area contributed by atoms with E-state index in [0.717, 1.165) is 11.4 Å². The summed E-state index contributed by atoms with van der Waals surface area (Å²) in [5, 5.41) is 3.92. The summed E-state index contributed by atoms with van der Waals surface area (Å²) in [6.45, 7) is 4.90. The second-order valence-corrected chi connectivity index (χ2v) is 6.49. The molecule has 0 aliphatic heterocycles. The molecule has 7 heteroatoms. The lowest BCUT2D eigenvalue weighted by atomic mass is 10.2. The van der Waals surface area contributed by atoms with Crippen LogP contribution >= 0.6 is 23.2 Å². The summed E-state index contributed by atoms with van der Waals surface area (Å²) < 4.78 is 1.98. The summed E-state index contributed by atoms with van der Waals surface area (Å²) in [4.78, 5) is 17.9. The van der Waals surface area contributed by atoms with Gasteiger partial charge in [0.25, 0.3) is 0 Å². The quantitative estimate of drug-likeness (QED) is 0.887. The average Bonchev–Trinajstić information content (AvgIpc) is 2.89. The Balaban J connectivity index is 2.07. The number of rotatable bonds is 5. The van der Waals surface area contributed by atoms with E-state index in [9.17, 15) is 4.79 Å². The fraction of sp³-hybridized carbons (Fsp3) is 0.375. The maximum Gasteiger partial charge on any atom is 0.317 e. The highest BCUT2D eigenvalue weighted by atomic mass is 35.5. The zero-order valence-corrected chi connectivity index (χ0v) is 14.9. The minimum atomic E-state index is -0.121. The number of aromatic nitrogens is 2. The number of benzene rings is 1. The van der Waals surface area contributed by atoms with Crippen molar-refractivity contribution < 1.29 is 4.79 Å². The molecule has 0 saturated carbocycles. The molecule has 5 nitrogen and oxygen atoms in total. The second-order valence-electron chi connectivity index (χ2n) is 5.68. The van der Waals surface area contributed by atoms with Crippen LogP contribution in [-0.2, 0) is 13.1 Å². The molecule has 1 N–H and O–H groups in total. The van der Waals surface area contributed by atoms with Crippen LogP contribution in [0.4, 0.5) is 4.79 Å². The average molecular weight is 355 g/mol. The lowest BCUT2D eigenvalue weighted by Gasteiger charge is -2.20. The first kappa shape index (κ1) is 17.6. The number of hydrogen-bond donors (Lipinski definition) is 1. The minimum absolute atomic E-state index is 0.0981. The lowest BCUT2D eigenvalue weighted by molar-refractivity contribution is 0.202. The van der Waals surface area contributed by atoms with E-state index >= 15 is 0 Å². The first-order valence-corrected chi connectivity index (χ1v) is 8.08. The third-order valence-electron chi connectivity index (χ3n) is 3.28. The lowest BCUT2D eigenvalue weighted by Crippen LogP contribution is -2.40. The standard InChI is InChI=1S/C16H20Cl2N4O/c1-11(2)20-16(23)21(3)10-15-19-6-7-22(15)9-12-4-5-13(17)14(18)8-12/h4-8,11H,9-10H2,1-3H3,(H,20,23). The van der Waals surface area contributed by atoms with E-state index in [1.54, 1.807) is 24.2 Å². The van der Waals surface area contributed by atoms with E-state index < -0.39 is 0 Å². The molecule has 1 heterocycles. The first-order chi connectivity index (χ1) is 10.9.